The minimum atomic E-state index is -0.767. The Morgan fingerprint density at radius 1 is 0.875 bits per heavy atom. The zero-order valence-electron chi connectivity index (χ0n) is 20.1. The van der Waals surface area contributed by atoms with Crippen molar-refractivity contribution in [3.63, 3.8) is 0 Å². The molecule has 1 rings (SSSR count). The smallest absolute Gasteiger partial charge is 0.246 e. The highest BCUT2D eigenvalue weighted by Gasteiger charge is 2.29. The molecule has 1 aromatic carbocycles. The van der Waals surface area contributed by atoms with Crippen LogP contribution >= 0.6 is 0 Å². The third kappa shape index (κ3) is 9.78. The van der Waals surface area contributed by atoms with Gasteiger partial charge < -0.3 is 27.4 Å². The van der Waals surface area contributed by atoms with E-state index in [1.165, 1.54) is 0 Å². The summed E-state index contributed by atoms with van der Waals surface area (Å²) < 4.78 is 0. The van der Waals surface area contributed by atoms with Crippen molar-refractivity contribution >= 4 is 23.4 Å². The number of nitrogens with two attached hydrogens (primary N) is 2. The molecule has 0 radical (unpaired) electrons. The van der Waals surface area contributed by atoms with Crippen molar-refractivity contribution < 1.29 is 14.4 Å². The number of carbonyl (C=O) groups is 3. The Morgan fingerprint density at radius 3 is 2.00 bits per heavy atom. The summed E-state index contributed by atoms with van der Waals surface area (Å²) in [5.74, 6) is -0.947. The van der Waals surface area contributed by atoms with Gasteiger partial charge in [0.25, 0.3) is 0 Å². The molecule has 0 unspecified atom stereocenters. The largest absolute Gasteiger partial charge is 0.343 e. The summed E-state index contributed by atoms with van der Waals surface area (Å²) in [6, 6.07) is 5.25. The maximum Gasteiger partial charge on any atom is 0.246 e. The molecular weight excluding hydrogens is 406 g/mol. The fourth-order valence-electron chi connectivity index (χ4n) is 3.17. The molecule has 1 aromatic rings. The quantitative estimate of drug-likeness (QED) is 0.295. The van der Waals surface area contributed by atoms with Crippen molar-refractivity contribution in [2.45, 2.75) is 78.4 Å². The summed E-state index contributed by atoms with van der Waals surface area (Å²) in [6.45, 7) is 10.1. The van der Waals surface area contributed by atoms with Gasteiger partial charge in [-0.1, -0.05) is 45.4 Å². The van der Waals surface area contributed by atoms with Crippen molar-refractivity contribution in [1.29, 1.82) is 0 Å². The highest BCUT2D eigenvalue weighted by atomic mass is 16.2. The van der Waals surface area contributed by atoms with Crippen molar-refractivity contribution in [3.05, 3.63) is 29.8 Å². The number of nitrogens with one attached hydrogen (secondary N) is 3. The van der Waals surface area contributed by atoms with Gasteiger partial charge >= 0.3 is 0 Å². The van der Waals surface area contributed by atoms with E-state index in [-0.39, 0.29) is 29.6 Å². The lowest BCUT2D eigenvalue weighted by molar-refractivity contribution is -0.132. The molecule has 0 bridgehead atoms. The lowest BCUT2D eigenvalue weighted by Crippen LogP contribution is -2.56. The Labute approximate surface area is 192 Å². The summed E-state index contributed by atoms with van der Waals surface area (Å²) in [5.41, 5.74) is 13.3. The lowest BCUT2D eigenvalue weighted by Gasteiger charge is -2.26. The van der Waals surface area contributed by atoms with E-state index in [2.05, 4.69) is 16.0 Å². The van der Waals surface area contributed by atoms with Crippen molar-refractivity contribution in [2.75, 3.05) is 11.9 Å². The first-order chi connectivity index (χ1) is 15.0. The molecule has 8 heteroatoms. The molecule has 0 spiro atoms. The van der Waals surface area contributed by atoms with Crippen molar-refractivity contribution in [1.82, 2.24) is 10.6 Å². The second-order valence-corrected chi connectivity index (χ2v) is 9.16. The first kappa shape index (κ1) is 27.6. The molecule has 0 saturated heterocycles. The van der Waals surface area contributed by atoms with Crippen LogP contribution in [0.25, 0.3) is 0 Å². The fourth-order valence-corrected chi connectivity index (χ4v) is 3.17. The van der Waals surface area contributed by atoms with Crippen LogP contribution in [0.3, 0.4) is 0 Å². The fraction of sp³-hybridized carbons (Fsp3) is 0.625. The first-order valence-electron chi connectivity index (χ1n) is 11.5. The Kier molecular flexibility index (Phi) is 11.9. The molecule has 0 aliphatic rings. The highest BCUT2D eigenvalue weighted by Crippen LogP contribution is 2.12. The molecule has 0 fully saturated rings. The Bertz CT molecular complexity index is 734. The van der Waals surface area contributed by atoms with E-state index in [0.29, 0.717) is 31.5 Å². The summed E-state index contributed by atoms with van der Waals surface area (Å²) >= 11 is 0. The monoisotopic (exact) mass is 447 g/mol. The maximum absolute atomic E-state index is 13.1. The van der Waals surface area contributed by atoms with Crippen LogP contribution in [-0.2, 0) is 14.4 Å². The van der Waals surface area contributed by atoms with Crippen LogP contribution in [0.15, 0.2) is 24.3 Å². The number of hydrogen-bond donors (Lipinski definition) is 5. The molecular formula is C24H41N5O3. The standard InChI is InChI=1S/C24H41N5O3/c1-15(2)14-20(29-24(32)21(26)16(3)4)23(31)28-19(8-6-7-13-25)22(30)27-18-11-9-17(5)10-12-18/h9-12,15-16,19-21H,6-8,13-14,25-26H2,1-5H3,(H,27,30)(H,28,31)(H,29,32)/t19-,20-,21+/m0/s1. The van der Waals surface area contributed by atoms with Crippen LogP contribution in [0.2, 0.25) is 0 Å². The third-order valence-electron chi connectivity index (χ3n) is 5.26. The van der Waals surface area contributed by atoms with Crippen LogP contribution < -0.4 is 27.4 Å². The normalized spacial score (nSPS) is 14.0. The van der Waals surface area contributed by atoms with Gasteiger partial charge in [0.1, 0.15) is 12.1 Å². The molecule has 0 aliphatic heterocycles. The number of rotatable bonds is 13. The zero-order valence-corrected chi connectivity index (χ0v) is 20.1. The predicted molar refractivity (Wildman–Crippen MR) is 129 cm³/mol. The van der Waals surface area contributed by atoms with Gasteiger partial charge in [-0.25, -0.2) is 0 Å². The van der Waals surface area contributed by atoms with E-state index in [4.69, 9.17) is 11.5 Å². The zero-order chi connectivity index (χ0) is 24.3. The summed E-state index contributed by atoms with van der Waals surface area (Å²) in [4.78, 5) is 38.5. The second kappa shape index (κ2) is 13.9. The molecule has 32 heavy (non-hydrogen) atoms. The highest BCUT2D eigenvalue weighted by molar-refractivity contribution is 5.98. The average molecular weight is 448 g/mol. The molecule has 180 valence electrons. The van der Waals surface area contributed by atoms with Crippen molar-refractivity contribution in [3.8, 4) is 0 Å². The summed E-state index contributed by atoms with van der Waals surface area (Å²) in [7, 11) is 0. The number of hydrogen-bond acceptors (Lipinski definition) is 5. The number of amides is 3. The minimum absolute atomic E-state index is 0.0536. The van der Waals surface area contributed by atoms with Gasteiger partial charge in [0.05, 0.1) is 6.04 Å². The van der Waals surface area contributed by atoms with Gasteiger partial charge in [-0.3, -0.25) is 14.4 Å². The van der Waals surface area contributed by atoms with Gasteiger partial charge in [0, 0.05) is 5.69 Å². The van der Waals surface area contributed by atoms with Crippen LogP contribution in [0.4, 0.5) is 5.69 Å². The molecule has 8 nitrogen and oxygen atoms in total. The molecule has 3 atom stereocenters. The molecule has 0 aromatic heterocycles. The number of anilines is 1. The van der Waals surface area contributed by atoms with Gasteiger partial charge in [0.2, 0.25) is 17.7 Å². The molecule has 7 N–H and O–H groups in total. The van der Waals surface area contributed by atoms with E-state index in [1.807, 2.05) is 58.9 Å². The van der Waals surface area contributed by atoms with Gasteiger partial charge in [0.15, 0.2) is 0 Å². The maximum atomic E-state index is 13.1. The van der Waals surface area contributed by atoms with E-state index in [9.17, 15) is 14.4 Å². The molecule has 0 heterocycles. The lowest BCUT2D eigenvalue weighted by atomic mass is 10.00. The van der Waals surface area contributed by atoms with Crippen LogP contribution in [0.1, 0.15) is 58.9 Å². The second-order valence-electron chi connectivity index (χ2n) is 9.16. The number of benzene rings is 1. The summed E-state index contributed by atoms with van der Waals surface area (Å²) in [5, 5.41) is 8.47. The van der Waals surface area contributed by atoms with Crippen LogP contribution in [0.5, 0.6) is 0 Å². The van der Waals surface area contributed by atoms with Gasteiger partial charge in [-0.05, 0) is 63.1 Å². The number of aryl methyl sites for hydroxylation is 1. The van der Waals surface area contributed by atoms with Gasteiger partial charge in [-0.2, -0.15) is 0 Å². The average Bonchev–Trinajstić information content (AvgIpc) is 2.73. The molecule has 0 aliphatic carbocycles. The Morgan fingerprint density at radius 2 is 1.47 bits per heavy atom. The Hall–Kier alpha value is -2.45. The van der Waals surface area contributed by atoms with E-state index in [1.54, 1.807) is 0 Å². The minimum Gasteiger partial charge on any atom is -0.343 e. The number of unbranched alkanes of at least 4 members (excludes halogenated alkanes) is 1. The third-order valence-corrected chi connectivity index (χ3v) is 5.26. The van der Waals surface area contributed by atoms with E-state index < -0.39 is 18.1 Å². The first-order valence-corrected chi connectivity index (χ1v) is 11.5. The van der Waals surface area contributed by atoms with Crippen molar-refractivity contribution in [2.24, 2.45) is 23.3 Å². The summed E-state index contributed by atoms with van der Waals surface area (Å²) in [6.07, 6.45) is 2.34. The van der Waals surface area contributed by atoms with E-state index in [0.717, 1.165) is 12.0 Å². The number of carbonyl (C=O) groups excluding carboxylic acids is 3. The SMILES string of the molecule is Cc1ccc(NC(=O)[C@H](CCCCN)NC(=O)[C@H](CC(C)C)NC(=O)[C@H](N)C(C)C)cc1. The topological polar surface area (TPSA) is 139 Å². The van der Waals surface area contributed by atoms with E-state index >= 15 is 0 Å². The van der Waals surface area contributed by atoms with Crippen LogP contribution in [0, 0.1) is 18.8 Å². The van der Waals surface area contributed by atoms with Crippen LogP contribution in [-0.4, -0.2) is 42.4 Å². The predicted octanol–water partition coefficient (Wildman–Crippen LogP) is 2.06. The van der Waals surface area contributed by atoms with Gasteiger partial charge in [-0.15, -0.1) is 0 Å². The molecule has 3 amide bonds. The Balaban J connectivity index is 2.93. The molecule has 0 saturated carbocycles.